The van der Waals surface area contributed by atoms with E-state index < -0.39 is 0 Å². The van der Waals surface area contributed by atoms with Crippen molar-refractivity contribution >= 4 is 28.9 Å². The quantitative estimate of drug-likeness (QED) is 0.616. The van der Waals surface area contributed by atoms with Gasteiger partial charge in [-0.2, -0.15) is 0 Å². The lowest BCUT2D eigenvalue weighted by atomic mass is 10.1. The molecule has 1 heterocycles. The lowest BCUT2D eigenvalue weighted by Crippen LogP contribution is -2.37. The van der Waals surface area contributed by atoms with Crippen LogP contribution >= 0.6 is 0 Å². The molecule has 2 fully saturated rings. The molecule has 32 heavy (non-hydrogen) atoms. The van der Waals surface area contributed by atoms with Crippen LogP contribution in [-0.4, -0.2) is 48.9 Å². The molecular weight excluding hydrogens is 400 g/mol. The summed E-state index contributed by atoms with van der Waals surface area (Å²) in [6.07, 6.45) is 5.06. The van der Waals surface area contributed by atoms with Crippen LogP contribution in [0.2, 0.25) is 0 Å². The number of benzene rings is 2. The first kappa shape index (κ1) is 22.3. The summed E-state index contributed by atoms with van der Waals surface area (Å²) < 4.78 is 0. The zero-order chi connectivity index (χ0) is 22.5. The smallest absolute Gasteiger partial charge is 0.238 e. The Bertz CT molecular complexity index is 927. The number of nitrogens with zero attached hydrogens (tertiary/aromatic N) is 2. The molecule has 2 aromatic rings. The van der Waals surface area contributed by atoms with E-state index in [9.17, 15) is 9.59 Å². The molecule has 1 saturated carbocycles. The van der Waals surface area contributed by atoms with Crippen LogP contribution in [-0.2, 0) is 9.59 Å². The molecule has 0 aromatic heterocycles. The van der Waals surface area contributed by atoms with Gasteiger partial charge in [0, 0.05) is 49.2 Å². The molecule has 1 aliphatic carbocycles. The van der Waals surface area contributed by atoms with Gasteiger partial charge < -0.3 is 15.5 Å². The maximum absolute atomic E-state index is 12.7. The molecule has 0 bridgehead atoms. The minimum absolute atomic E-state index is 0.0141. The van der Waals surface area contributed by atoms with Crippen molar-refractivity contribution in [2.45, 2.75) is 52.0 Å². The Hall–Kier alpha value is -2.86. The minimum atomic E-state index is -0.0211. The number of nitrogens with one attached hydrogen (secondary N) is 2. The van der Waals surface area contributed by atoms with Gasteiger partial charge in [-0.3, -0.25) is 14.5 Å². The van der Waals surface area contributed by atoms with E-state index in [1.807, 2.05) is 44.2 Å². The zero-order valence-corrected chi connectivity index (χ0v) is 19.2. The van der Waals surface area contributed by atoms with E-state index in [-0.39, 0.29) is 11.8 Å². The fraction of sp³-hybridized carbons (Fsp3) is 0.462. The van der Waals surface area contributed by atoms with Crippen LogP contribution in [0.4, 0.5) is 17.1 Å². The molecule has 0 spiro atoms. The Morgan fingerprint density at radius 1 is 0.938 bits per heavy atom. The van der Waals surface area contributed by atoms with Gasteiger partial charge in [-0.1, -0.05) is 18.2 Å². The number of rotatable bonds is 9. The number of hydrogen-bond acceptors (Lipinski definition) is 4. The Morgan fingerprint density at radius 2 is 1.59 bits per heavy atom. The lowest BCUT2D eigenvalue weighted by Gasteiger charge is -2.22. The van der Waals surface area contributed by atoms with Gasteiger partial charge in [0.1, 0.15) is 0 Å². The Kier molecular flexibility index (Phi) is 7.10. The third-order valence-corrected chi connectivity index (χ3v) is 6.40. The van der Waals surface area contributed by atoms with Crippen molar-refractivity contribution in [3.8, 4) is 0 Å². The summed E-state index contributed by atoms with van der Waals surface area (Å²) >= 11 is 0. The Labute approximate surface area is 191 Å². The van der Waals surface area contributed by atoms with Crippen molar-refractivity contribution in [3.05, 3.63) is 53.6 Å². The van der Waals surface area contributed by atoms with Crippen molar-refractivity contribution in [3.63, 3.8) is 0 Å². The number of amides is 2. The molecule has 0 radical (unpaired) electrons. The molecule has 0 unspecified atom stereocenters. The van der Waals surface area contributed by atoms with Gasteiger partial charge >= 0.3 is 0 Å². The molecule has 0 atom stereocenters. The number of anilines is 3. The fourth-order valence-corrected chi connectivity index (χ4v) is 4.40. The first-order valence-corrected chi connectivity index (χ1v) is 11.7. The highest BCUT2D eigenvalue weighted by atomic mass is 16.2. The van der Waals surface area contributed by atoms with Gasteiger partial charge in [-0.05, 0) is 74.9 Å². The van der Waals surface area contributed by atoms with Gasteiger partial charge in [0.05, 0.1) is 6.54 Å². The molecule has 2 amide bonds. The van der Waals surface area contributed by atoms with E-state index in [2.05, 4.69) is 32.6 Å². The SMILES string of the molecule is Cc1cccc(C)c1NC(=O)CN(CCC(=O)Nc1ccc(N2CCCC2)cc1)C1CC1. The average Bonchev–Trinajstić information content (AvgIpc) is 3.48. The van der Waals surface area contributed by atoms with Crippen molar-refractivity contribution in [1.82, 2.24) is 4.90 Å². The standard InChI is InChI=1S/C26H34N4O2/c1-19-6-5-7-20(2)26(19)28-25(32)18-30(23-12-13-23)17-14-24(31)27-21-8-10-22(11-9-21)29-15-3-4-16-29/h5-11,23H,3-4,12-18H2,1-2H3,(H,27,31)(H,28,32). The van der Waals surface area contributed by atoms with Gasteiger partial charge in [-0.15, -0.1) is 0 Å². The third kappa shape index (κ3) is 5.88. The second-order valence-corrected chi connectivity index (χ2v) is 9.06. The highest BCUT2D eigenvalue weighted by Crippen LogP contribution is 2.27. The highest BCUT2D eigenvalue weighted by Gasteiger charge is 2.30. The summed E-state index contributed by atoms with van der Waals surface area (Å²) in [4.78, 5) is 29.7. The average molecular weight is 435 g/mol. The molecule has 6 heteroatoms. The normalized spacial score (nSPS) is 15.8. The van der Waals surface area contributed by atoms with E-state index >= 15 is 0 Å². The predicted octanol–water partition coefficient (Wildman–Crippen LogP) is 4.34. The number of hydrogen-bond donors (Lipinski definition) is 2. The summed E-state index contributed by atoms with van der Waals surface area (Å²) in [5.41, 5.74) is 5.06. The van der Waals surface area contributed by atoms with Crippen molar-refractivity contribution in [2.24, 2.45) is 0 Å². The Balaban J connectivity index is 1.26. The van der Waals surface area contributed by atoms with Gasteiger partial charge in [0.25, 0.3) is 0 Å². The molecule has 6 nitrogen and oxygen atoms in total. The topological polar surface area (TPSA) is 64.7 Å². The van der Waals surface area contributed by atoms with Crippen LogP contribution in [0.1, 0.15) is 43.2 Å². The van der Waals surface area contributed by atoms with Crippen LogP contribution in [0.3, 0.4) is 0 Å². The van der Waals surface area contributed by atoms with E-state index in [0.29, 0.717) is 25.6 Å². The van der Waals surface area contributed by atoms with Gasteiger partial charge in [0.15, 0.2) is 0 Å². The lowest BCUT2D eigenvalue weighted by molar-refractivity contribution is -0.119. The number of aryl methyl sites for hydroxylation is 2. The monoisotopic (exact) mass is 434 g/mol. The van der Waals surface area contributed by atoms with Crippen LogP contribution in [0, 0.1) is 13.8 Å². The third-order valence-electron chi connectivity index (χ3n) is 6.40. The first-order valence-electron chi connectivity index (χ1n) is 11.7. The second-order valence-electron chi connectivity index (χ2n) is 9.06. The molecule has 2 N–H and O–H groups in total. The van der Waals surface area contributed by atoms with E-state index in [1.165, 1.54) is 18.5 Å². The summed E-state index contributed by atoms with van der Waals surface area (Å²) in [6, 6.07) is 14.5. The first-order chi connectivity index (χ1) is 15.5. The molecule has 170 valence electrons. The number of carbonyl (C=O) groups is 2. The number of carbonyl (C=O) groups excluding carboxylic acids is 2. The molecule has 2 aliphatic rings. The van der Waals surface area contributed by atoms with Gasteiger partial charge in [-0.25, -0.2) is 0 Å². The predicted molar refractivity (Wildman–Crippen MR) is 130 cm³/mol. The minimum Gasteiger partial charge on any atom is -0.372 e. The summed E-state index contributed by atoms with van der Waals surface area (Å²) in [5.74, 6) is -0.0352. The molecule has 1 saturated heterocycles. The van der Waals surface area contributed by atoms with Crippen LogP contribution in [0.25, 0.3) is 0 Å². The summed E-state index contributed by atoms with van der Waals surface area (Å²) in [7, 11) is 0. The fourth-order valence-electron chi connectivity index (χ4n) is 4.40. The van der Waals surface area contributed by atoms with Crippen LogP contribution in [0.15, 0.2) is 42.5 Å². The zero-order valence-electron chi connectivity index (χ0n) is 19.2. The van der Waals surface area contributed by atoms with Crippen molar-refractivity contribution in [2.75, 3.05) is 41.7 Å². The van der Waals surface area contributed by atoms with Crippen molar-refractivity contribution in [1.29, 1.82) is 0 Å². The van der Waals surface area contributed by atoms with Crippen LogP contribution < -0.4 is 15.5 Å². The molecule has 4 rings (SSSR count). The van der Waals surface area contributed by atoms with E-state index in [1.54, 1.807) is 0 Å². The number of para-hydroxylation sites is 1. The second kappa shape index (κ2) is 10.2. The van der Waals surface area contributed by atoms with E-state index in [4.69, 9.17) is 0 Å². The molecular formula is C26H34N4O2. The Morgan fingerprint density at radius 3 is 2.22 bits per heavy atom. The van der Waals surface area contributed by atoms with Gasteiger partial charge in [0.2, 0.25) is 11.8 Å². The summed E-state index contributed by atoms with van der Waals surface area (Å²) in [6.45, 7) is 7.13. The largest absolute Gasteiger partial charge is 0.372 e. The molecule has 1 aliphatic heterocycles. The maximum atomic E-state index is 12.7. The molecule has 2 aromatic carbocycles. The highest BCUT2D eigenvalue weighted by molar-refractivity contribution is 5.94. The van der Waals surface area contributed by atoms with Crippen molar-refractivity contribution < 1.29 is 9.59 Å². The van der Waals surface area contributed by atoms with E-state index in [0.717, 1.165) is 48.4 Å². The van der Waals surface area contributed by atoms with Crippen LogP contribution in [0.5, 0.6) is 0 Å². The maximum Gasteiger partial charge on any atom is 0.238 e. The summed E-state index contributed by atoms with van der Waals surface area (Å²) in [5, 5.41) is 6.06.